The maximum Gasteiger partial charge on any atom is 0.259 e. The molecule has 0 saturated carbocycles. The lowest BCUT2D eigenvalue weighted by Crippen LogP contribution is -1.75. The maximum absolute atomic E-state index is 6.44. The molecule has 0 bridgehead atoms. The van der Waals surface area contributed by atoms with E-state index >= 15 is 0 Å². The van der Waals surface area contributed by atoms with Gasteiger partial charge in [0.1, 0.15) is 4.88 Å². The SMILES string of the molecule is Clc1ccc2sc(-c3nnc(-c4ccccc4)o3)c(Cl)c2c1. The minimum atomic E-state index is 0.418. The molecule has 2 aromatic heterocycles. The molecule has 0 radical (unpaired) electrons. The molecule has 0 amide bonds. The summed E-state index contributed by atoms with van der Waals surface area (Å²) >= 11 is 14.0. The fraction of sp³-hybridized carbons (Fsp3) is 0. The van der Waals surface area contributed by atoms with E-state index in [2.05, 4.69) is 10.2 Å². The van der Waals surface area contributed by atoms with Gasteiger partial charge in [-0.1, -0.05) is 41.4 Å². The third-order valence-corrected chi connectivity index (χ3v) is 5.13. The van der Waals surface area contributed by atoms with Gasteiger partial charge < -0.3 is 4.42 Å². The van der Waals surface area contributed by atoms with Crippen molar-refractivity contribution in [3.05, 3.63) is 58.6 Å². The van der Waals surface area contributed by atoms with Crippen molar-refractivity contribution in [2.24, 2.45) is 0 Å². The summed E-state index contributed by atoms with van der Waals surface area (Å²) in [5.41, 5.74) is 0.876. The highest BCUT2D eigenvalue weighted by molar-refractivity contribution is 7.23. The van der Waals surface area contributed by atoms with Crippen LogP contribution in [0, 0.1) is 0 Å². The van der Waals surface area contributed by atoms with Gasteiger partial charge in [0.05, 0.1) is 5.02 Å². The number of thiophene rings is 1. The van der Waals surface area contributed by atoms with Crippen LogP contribution in [-0.4, -0.2) is 10.2 Å². The van der Waals surface area contributed by atoms with Gasteiger partial charge in [0.15, 0.2) is 0 Å². The van der Waals surface area contributed by atoms with Gasteiger partial charge in [-0.15, -0.1) is 21.5 Å². The van der Waals surface area contributed by atoms with Crippen LogP contribution in [-0.2, 0) is 0 Å². The summed E-state index contributed by atoms with van der Waals surface area (Å²) in [5.74, 6) is 0.892. The van der Waals surface area contributed by atoms with E-state index in [9.17, 15) is 0 Å². The van der Waals surface area contributed by atoms with Crippen molar-refractivity contribution in [2.45, 2.75) is 0 Å². The Hall–Kier alpha value is -1.88. The highest BCUT2D eigenvalue weighted by atomic mass is 35.5. The van der Waals surface area contributed by atoms with Crippen molar-refractivity contribution in [2.75, 3.05) is 0 Å². The van der Waals surface area contributed by atoms with Gasteiger partial charge in [0.2, 0.25) is 5.89 Å². The number of hydrogen-bond donors (Lipinski definition) is 0. The third kappa shape index (κ3) is 2.29. The third-order valence-electron chi connectivity index (χ3n) is 3.23. The molecule has 0 N–H and O–H groups in total. The average Bonchev–Trinajstić information content (AvgIpc) is 3.14. The first kappa shape index (κ1) is 13.8. The van der Waals surface area contributed by atoms with E-state index in [1.165, 1.54) is 11.3 Å². The fourth-order valence-corrected chi connectivity index (χ4v) is 3.77. The van der Waals surface area contributed by atoms with Crippen molar-refractivity contribution in [1.29, 1.82) is 0 Å². The van der Waals surface area contributed by atoms with Crippen LogP contribution in [0.4, 0.5) is 0 Å². The molecule has 0 atom stereocenters. The molecule has 0 fully saturated rings. The summed E-state index contributed by atoms with van der Waals surface area (Å²) in [4.78, 5) is 0.758. The van der Waals surface area contributed by atoms with Gasteiger partial charge in [0.25, 0.3) is 5.89 Å². The van der Waals surface area contributed by atoms with E-state index in [1.807, 2.05) is 48.5 Å². The van der Waals surface area contributed by atoms with Crippen LogP contribution in [0.1, 0.15) is 0 Å². The molecular formula is C16H8Cl2N2OS. The van der Waals surface area contributed by atoms with E-state index in [0.29, 0.717) is 21.8 Å². The van der Waals surface area contributed by atoms with Crippen LogP contribution in [0.5, 0.6) is 0 Å². The lowest BCUT2D eigenvalue weighted by Gasteiger charge is -1.93. The minimum Gasteiger partial charge on any atom is -0.415 e. The van der Waals surface area contributed by atoms with Crippen LogP contribution < -0.4 is 0 Å². The van der Waals surface area contributed by atoms with Gasteiger partial charge in [-0.2, -0.15) is 0 Å². The Balaban J connectivity index is 1.83. The van der Waals surface area contributed by atoms with E-state index in [4.69, 9.17) is 27.6 Å². The van der Waals surface area contributed by atoms with Gasteiger partial charge in [-0.05, 0) is 30.3 Å². The first-order chi connectivity index (χ1) is 10.7. The highest BCUT2D eigenvalue weighted by Gasteiger charge is 2.18. The van der Waals surface area contributed by atoms with Crippen LogP contribution >= 0.6 is 34.5 Å². The Morgan fingerprint density at radius 3 is 2.50 bits per heavy atom. The topological polar surface area (TPSA) is 38.9 Å². The van der Waals surface area contributed by atoms with Gasteiger partial charge in [-0.25, -0.2) is 0 Å². The fourth-order valence-electron chi connectivity index (χ4n) is 2.19. The molecule has 108 valence electrons. The summed E-state index contributed by atoms with van der Waals surface area (Å²) in [5, 5.41) is 10.3. The Kier molecular flexibility index (Phi) is 3.37. The maximum atomic E-state index is 6.44. The van der Waals surface area contributed by atoms with Crippen molar-refractivity contribution < 1.29 is 4.42 Å². The Bertz CT molecular complexity index is 963. The molecule has 0 aliphatic heterocycles. The van der Waals surface area contributed by atoms with Gasteiger partial charge in [0, 0.05) is 20.7 Å². The lowest BCUT2D eigenvalue weighted by molar-refractivity contribution is 0.586. The second-order valence-electron chi connectivity index (χ2n) is 4.66. The van der Waals surface area contributed by atoms with Crippen LogP contribution in [0.25, 0.3) is 32.3 Å². The molecule has 0 unspecified atom stereocenters. The van der Waals surface area contributed by atoms with Crippen molar-refractivity contribution in [1.82, 2.24) is 10.2 Å². The molecule has 2 heterocycles. The second kappa shape index (κ2) is 5.39. The van der Waals surface area contributed by atoms with Gasteiger partial charge in [-0.3, -0.25) is 0 Å². The molecule has 3 nitrogen and oxygen atoms in total. The van der Waals surface area contributed by atoms with E-state index in [0.717, 1.165) is 20.5 Å². The number of nitrogens with zero attached hydrogens (tertiary/aromatic N) is 2. The zero-order valence-electron chi connectivity index (χ0n) is 11.1. The van der Waals surface area contributed by atoms with E-state index in [1.54, 1.807) is 0 Å². The molecule has 0 saturated heterocycles. The lowest BCUT2D eigenvalue weighted by atomic mass is 10.2. The van der Waals surface area contributed by atoms with E-state index < -0.39 is 0 Å². The van der Waals surface area contributed by atoms with Crippen LogP contribution in [0.3, 0.4) is 0 Å². The smallest absolute Gasteiger partial charge is 0.259 e. The predicted molar refractivity (Wildman–Crippen MR) is 90.6 cm³/mol. The van der Waals surface area contributed by atoms with Crippen LogP contribution in [0.2, 0.25) is 10.0 Å². The molecule has 6 heteroatoms. The predicted octanol–water partition coefficient (Wildman–Crippen LogP) is 5.93. The van der Waals surface area contributed by atoms with Crippen molar-refractivity contribution in [3.8, 4) is 22.2 Å². The number of hydrogen-bond acceptors (Lipinski definition) is 4. The standard InChI is InChI=1S/C16H8Cl2N2OS/c17-10-6-7-12-11(8-10)13(18)14(22-12)16-20-19-15(21-16)9-4-2-1-3-5-9/h1-8H. The molecule has 22 heavy (non-hydrogen) atoms. The molecule has 4 aromatic rings. The quantitative estimate of drug-likeness (QED) is 0.451. The Morgan fingerprint density at radius 2 is 1.68 bits per heavy atom. The zero-order valence-corrected chi connectivity index (χ0v) is 13.4. The zero-order chi connectivity index (χ0) is 15.1. The average molecular weight is 347 g/mol. The number of aromatic nitrogens is 2. The molecule has 0 aliphatic carbocycles. The summed E-state index contributed by atoms with van der Waals surface area (Å²) in [7, 11) is 0. The number of fused-ring (bicyclic) bond motifs is 1. The summed E-state index contributed by atoms with van der Waals surface area (Å²) < 4.78 is 6.80. The monoisotopic (exact) mass is 346 g/mol. The molecule has 2 aromatic carbocycles. The molecule has 4 rings (SSSR count). The Labute approximate surface area is 140 Å². The number of rotatable bonds is 2. The molecule has 0 aliphatic rings. The summed E-state index contributed by atoms with van der Waals surface area (Å²) in [6.07, 6.45) is 0. The highest BCUT2D eigenvalue weighted by Crippen LogP contribution is 2.42. The number of benzene rings is 2. The van der Waals surface area contributed by atoms with Crippen molar-refractivity contribution in [3.63, 3.8) is 0 Å². The first-order valence-electron chi connectivity index (χ1n) is 6.49. The van der Waals surface area contributed by atoms with Crippen LogP contribution in [0.15, 0.2) is 52.9 Å². The molecular weight excluding hydrogens is 339 g/mol. The Morgan fingerprint density at radius 1 is 0.909 bits per heavy atom. The largest absolute Gasteiger partial charge is 0.415 e. The second-order valence-corrected chi connectivity index (χ2v) is 6.53. The number of halogens is 2. The normalized spacial score (nSPS) is 11.2. The molecule has 0 spiro atoms. The first-order valence-corrected chi connectivity index (χ1v) is 8.06. The minimum absolute atomic E-state index is 0.418. The summed E-state index contributed by atoms with van der Waals surface area (Å²) in [6.45, 7) is 0. The summed E-state index contributed by atoms with van der Waals surface area (Å²) in [6, 6.07) is 15.2. The van der Waals surface area contributed by atoms with Crippen molar-refractivity contribution >= 4 is 44.6 Å². The van der Waals surface area contributed by atoms with E-state index in [-0.39, 0.29) is 0 Å². The van der Waals surface area contributed by atoms with Gasteiger partial charge >= 0.3 is 0 Å².